The van der Waals surface area contributed by atoms with Gasteiger partial charge in [-0.25, -0.2) is 0 Å². The van der Waals surface area contributed by atoms with E-state index in [4.69, 9.17) is 9.26 Å². The summed E-state index contributed by atoms with van der Waals surface area (Å²) in [7, 11) is 5.66. The second-order valence-corrected chi connectivity index (χ2v) is 6.80. The van der Waals surface area contributed by atoms with Crippen molar-refractivity contribution in [1.29, 1.82) is 0 Å². The van der Waals surface area contributed by atoms with Gasteiger partial charge in [0.25, 0.3) is 0 Å². The molecule has 0 spiro atoms. The minimum absolute atomic E-state index is 0.0456. The van der Waals surface area contributed by atoms with E-state index in [0.717, 1.165) is 54.1 Å². The van der Waals surface area contributed by atoms with Crippen molar-refractivity contribution < 1.29 is 14.1 Å². The maximum absolute atomic E-state index is 12.4. The second kappa shape index (κ2) is 7.70. The molecule has 0 bridgehead atoms. The molecule has 134 valence electrons. The Kier molecular flexibility index (Phi) is 5.38. The lowest BCUT2D eigenvalue weighted by Gasteiger charge is -2.23. The molecular formula is C19H25N3O3. The number of carbonyl (C=O) groups excluding carboxylic acids is 1. The third-order valence-electron chi connectivity index (χ3n) is 4.48. The summed E-state index contributed by atoms with van der Waals surface area (Å²) in [5, 5.41) is 7.35. The molecule has 1 aromatic heterocycles. The summed E-state index contributed by atoms with van der Waals surface area (Å²) in [4.78, 5) is 14.4. The molecule has 0 saturated heterocycles. The molecule has 1 amide bonds. The predicted molar refractivity (Wildman–Crippen MR) is 94.5 cm³/mol. The van der Waals surface area contributed by atoms with Crippen LogP contribution in [0.1, 0.15) is 29.0 Å². The Morgan fingerprint density at radius 3 is 2.80 bits per heavy atom. The summed E-state index contributed by atoms with van der Waals surface area (Å²) < 4.78 is 10.6. The number of rotatable bonds is 6. The Labute approximate surface area is 148 Å². The maximum Gasteiger partial charge on any atom is 0.224 e. The van der Waals surface area contributed by atoms with Crippen LogP contribution in [0.5, 0.6) is 5.75 Å². The number of hydrogen-bond acceptors (Lipinski definition) is 5. The van der Waals surface area contributed by atoms with Gasteiger partial charge in [0.2, 0.25) is 5.91 Å². The molecular weight excluding hydrogens is 318 g/mol. The van der Waals surface area contributed by atoms with E-state index >= 15 is 0 Å². The van der Waals surface area contributed by atoms with Gasteiger partial charge in [-0.05, 0) is 44.6 Å². The maximum atomic E-state index is 12.4. The van der Waals surface area contributed by atoms with Crippen LogP contribution in [0.25, 0.3) is 0 Å². The number of hydrogen-bond donors (Lipinski definition) is 1. The lowest BCUT2D eigenvalue weighted by molar-refractivity contribution is -0.121. The number of ether oxygens (including phenoxy) is 1. The Balaban J connectivity index is 1.58. The van der Waals surface area contributed by atoms with Crippen LogP contribution in [0.2, 0.25) is 0 Å². The molecule has 1 unspecified atom stereocenters. The zero-order valence-corrected chi connectivity index (χ0v) is 15.0. The van der Waals surface area contributed by atoms with Crippen molar-refractivity contribution in [3.63, 3.8) is 0 Å². The normalized spacial score (nSPS) is 16.6. The number of nitrogens with one attached hydrogen (secondary N) is 1. The van der Waals surface area contributed by atoms with Crippen LogP contribution in [-0.2, 0) is 30.6 Å². The molecule has 1 N–H and O–H groups in total. The van der Waals surface area contributed by atoms with Gasteiger partial charge in [-0.15, -0.1) is 0 Å². The average Bonchev–Trinajstić information content (AvgIpc) is 2.97. The molecule has 0 fully saturated rings. The van der Waals surface area contributed by atoms with Gasteiger partial charge in [-0.1, -0.05) is 17.3 Å². The van der Waals surface area contributed by atoms with Gasteiger partial charge < -0.3 is 19.5 Å². The molecule has 1 atom stereocenters. The third-order valence-corrected chi connectivity index (χ3v) is 4.48. The molecule has 6 nitrogen and oxygen atoms in total. The van der Waals surface area contributed by atoms with Gasteiger partial charge in [-0.3, -0.25) is 4.79 Å². The number of fused-ring (bicyclic) bond motifs is 1. The lowest BCUT2D eigenvalue weighted by Crippen LogP contribution is -2.39. The summed E-state index contributed by atoms with van der Waals surface area (Å²) >= 11 is 0. The molecule has 1 aliphatic rings. The van der Waals surface area contributed by atoms with Crippen molar-refractivity contribution in [3.8, 4) is 5.75 Å². The molecule has 0 aliphatic heterocycles. The van der Waals surface area contributed by atoms with Crippen LogP contribution in [0.3, 0.4) is 0 Å². The topological polar surface area (TPSA) is 67.6 Å². The Morgan fingerprint density at radius 2 is 2.12 bits per heavy atom. The summed E-state index contributed by atoms with van der Waals surface area (Å²) in [6.45, 7) is 0.755. The molecule has 6 heteroatoms. The second-order valence-electron chi connectivity index (χ2n) is 6.80. The van der Waals surface area contributed by atoms with Crippen molar-refractivity contribution in [3.05, 3.63) is 46.8 Å². The molecule has 25 heavy (non-hydrogen) atoms. The molecule has 2 aromatic rings. The highest BCUT2D eigenvalue weighted by atomic mass is 16.5. The number of amides is 1. The molecule has 0 saturated carbocycles. The van der Waals surface area contributed by atoms with E-state index < -0.39 is 0 Å². The van der Waals surface area contributed by atoms with E-state index in [-0.39, 0.29) is 11.9 Å². The van der Waals surface area contributed by atoms with Crippen molar-refractivity contribution in [1.82, 2.24) is 15.4 Å². The zero-order valence-electron chi connectivity index (χ0n) is 15.0. The smallest absolute Gasteiger partial charge is 0.224 e. The van der Waals surface area contributed by atoms with Crippen LogP contribution in [0.15, 0.2) is 28.8 Å². The summed E-state index contributed by atoms with van der Waals surface area (Å²) in [5.41, 5.74) is 3.12. The lowest BCUT2D eigenvalue weighted by atomic mass is 9.91. The first-order chi connectivity index (χ1) is 12.0. The van der Waals surface area contributed by atoms with Gasteiger partial charge in [0.1, 0.15) is 17.2 Å². The Hall–Kier alpha value is -2.34. The van der Waals surface area contributed by atoms with Crippen molar-refractivity contribution >= 4 is 5.91 Å². The monoisotopic (exact) mass is 343 g/mol. The van der Waals surface area contributed by atoms with Crippen LogP contribution in [-0.4, -0.2) is 43.2 Å². The van der Waals surface area contributed by atoms with E-state index in [1.165, 1.54) is 0 Å². The summed E-state index contributed by atoms with van der Waals surface area (Å²) in [6.07, 6.45) is 2.87. The van der Waals surface area contributed by atoms with Gasteiger partial charge in [0.05, 0.1) is 13.5 Å². The fourth-order valence-corrected chi connectivity index (χ4v) is 3.22. The van der Waals surface area contributed by atoms with Crippen molar-refractivity contribution in [2.75, 3.05) is 21.2 Å². The summed E-state index contributed by atoms with van der Waals surface area (Å²) in [6, 6.07) is 7.73. The van der Waals surface area contributed by atoms with Crippen LogP contribution >= 0.6 is 0 Å². The van der Waals surface area contributed by atoms with E-state index in [2.05, 4.69) is 15.4 Å². The minimum atomic E-state index is 0.0456. The number of carbonyl (C=O) groups is 1. The highest BCUT2D eigenvalue weighted by molar-refractivity contribution is 5.79. The highest BCUT2D eigenvalue weighted by Gasteiger charge is 2.26. The van der Waals surface area contributed by atoms with Gasteiger partial charge in [0.15, 0.2) is 0 Å². The quantitative estimate of drug-likeness (QED) is 0.868. The van der Waals surface area contributed by atoms with Gasteiger partial charge in [0, 0.05) is 24.6 Å². The highest BCUT2D eigenvalue weighted by Crippen LogP contribution is 2.25. The first kappa shape index (κ1) is 17.5. The van der Waals surface area contributed by atoms with Gasteiger partial charge in [-0.2, -0.15) is 0 Å². The molecule has 0 radical (unpaired) electrons. The number of methoxy groups -OCH3 is 1. The van der Waals surface area contributed by atoms with E-state index in [0.29, 0.717) is 6.42 Å². The molecule has 1 heterocycles. The first-order valence-electron chi connectivity index (χ1n) is 8.58. The van der Waals surface area contributed by atoms with Crippen LogP contribution in [0, 0.1) is 0 Å². The SMILES string of the molecule is COc1ccc(CC(=O)NC2CCc3onc(CN(C)C)c3C2)cc1. The first-order valence-corrected chi connectivity index (χ1v) is 8.58. The van der Waals surface area contributed by atoms with Crippen molar-refractivity contribution in [2.45, 2.75) is 38.3 Å². The predicted octanol–water partition coefficient (Wildman–Crippen LogP) is 1.96. The number of nitrogens with zero attached hydrogens (tertiary/aromatic N) is 2. The molecule has 1 aromatic carbocycles. The van der Waals surface area contributed by atoms with E-state index in [1.54, 1.807) is 7.11 Å². The largest absolute Gasteiger partial charge is 0.497 e. The van der Waals surface area contributed by atoms with Crippen LogP contribution in [0.4, 0.5) is 0 Å². The van der Waals surface area contributed by atoms with E-state index in [9.17, 15) is 4.79 Å². The standard InChI is InChI=1S/C19H25N3O3/c1-22(2)12-17-16-11-14(6-9-18(16)25-21-17)20-19(23)10-13-4-7-15(24-3)8-5-13/h4-5,7-8,14H,6,9-12H2,1-3H3,(H,20,23). The van der Waals surface area contributed by atoms with Crippen molar-refractivity contribution in [2.24, 2.45) is 0 Å². The Morgan fingerprint density at radius 1 is 1.36 bits per heavy atom. The molecule has 3 rings (SSSR count). The summed E-state index contributed by atoms with van der Waals surface area (Å²) in [5.74, 6) is 1.81. The Bertz CT molecular complexity index is 722. The fraction of sp³-hybridized carbons (Fsp3) is 0.474. The third kappa shape index (κ3) is 4.39. The van der Waals surface area contributed by atoms with Gasteiger partial charge >= 0.3 is 0 Å². The fourth-order valence-electron chi connectivity index (χ4n) is 3.22. The minimum Gasteiger partial charge on any atom is -0.497 e. The number of benzene rings is 1. The number of aryl methyl sites for hydroxylation is 1. The zero-order chi connectivity index (χ0) is 17.8. The van der Waals surface area contributed by atoms with Crippen LogP contribution < -0.4 is 10.1 Å². The molecule has 1 aliphatic carbocycles. The number of aromatic nitrogens is 1. The van der Waals surface area contributed by atoms with E-state index in [1.807, 2.05) is 38.4 Å². The average molecular weight is 343 g/mol.